The second-order valence-corrected chi connectivity index (χ2v) is 3.73. The molecular formula is C12H12F5N. The normalized spacial score (nSPS) is 11.4. The maximum atomic E-state index is 13.2. The van der Waals surface area contributed by atoms with E-state index in [-0.39, 0.29) is 6.54 Å². The average Bonchev–Trinajstić information content (AvgIpc) is 2.37. The zero-order valence-electron chi connectivity index (χ0n) is 9.74. The summed E-state index contributed by atoms with van der Waals surface area (Å²) in [6.45, 7) is 2.25. The first kappa shape index (κ1) is 14.6. The lowest BCUT2D eigenvalue weighted by molar-refractivity contribution is 0.377. The van der Waals surface area contributed by atoms with Crippen LogP contribution in [-0.4, -0.2) is 12.8 Å². The number of hydrogen-bond donors (Lipinski definition) is 0. The highest BCUT2D eigenvalue weighted by Crippen LogP contribution is 2.21. The smallest absolute Gasteiger partial charge is 0.200 e. The van der Waals surface area contributed by atoms with Gasteiger partial charge in [-0.25, -0.2) is 22.0 Å². The van der Waals surface area contributed by atoms with Crippen LogP contribution in [0, 0.1) is 29.1 Å². The van der Waals surface area contributed by atoms with Crippen LogP contribution in [0.4, 0.5) is 22.0 Å². The van der Waals surface area contributed by atoms with Gasteiger partial charge in [-0.2, -0.15) is 0 Å². The highest BCUT2D eigenvalue weighted by molar-refractivity contribution is 5.80. The van der Waals surface area contributed by atoms with Crippen molar-refractivity contribution in [2.75, 3.05) is 6.54 Å². The van der Waals surface area contributed by atoms with Crippen LogP contribution in [0.5, 0.6) is 0 Å². The first-order valence-corrected chi connectivity index (χ1v) is 5.52. The van der Waals surface area contributed by atoms with Gasteiger partial charge in [0.25, 0.3) is 0 Å². The van der Waals surface area contributed by atoms with E-state index in [0.717, 1.165) is 12.8 Å². The van der Waals surface area contributed by atoms with Crippen molar-refractivity contribution in [3.05, 3.63) is 34.6 Å². The molecule has 0 aliphatic heterocycles. The van der Waals surface area contributed by atoms with E-state index >= 15 is 0 Å². The van der Waals surface area contributed by atoms with Crippen molar-refractivity contribution in [2.45, 2.75) is 26.2 Å². The predicted octanol–water partition coefficient (Wildman–Crippen LogP) is 3.99. The van der Waals surface area contributed by atoms with E-state index < -0.39 is 34.6 Å². The number of unbranched alkanes of at least 4 members (excludes halogenated alkanes) is 2. The minimum atomic E-state index is -2.16. The van der Waals surface area contributed by atoms with E-state index in [9.17, 15) is 22.0 Å². The second-order valence-electron chi connectivity index (χ2n) is 3.73. The molecule has 1 aromatic carbocycles. The van der Waals surface area contributed by atoms with Crippen molar-refractivity contribution in [3.8, 4) is 0 Å². The summed E-state index contributed by atoms with van der Waals surface area (Å²) in [5.41, 5.74) is -0.997. The molecule has 0 saturated carbocycles. The maximum Gasteiger partial charge on any atom is 0.200 e. The van der Waals surface area contributed by atoms with E-state index in [1.165, 1.54) is 0 Å². The molecular weight excluding hydrogens is 253 g/mol. The van der Waals surface area contributed by atoms with Gasteiger partial charge in [-0.15, -0.1) is 0 Å². The minimum Gasteiger partial charge on any atom is -0.292 e. The van der Waals surface area contributed by atoms with E-state index in [2.05, 4.69) is 4.99 Å². The van der Waals surface area contributed by atoms with Crippen molar-refractivity contribution in [3.63, 3.8) is 0 Å². The Morgan fingerprint density at radius 1 is 0.833 bits per heavy atom. The molecule has 6 heteroatoms. The molecule has 1 aromatic rings. The highest BCUT2D eigenvalue weighted by atomic mass is 19.2. The number of hydrogen-bond acceptors (Lipinski definition) is 1. The number of benzene rings is 1. The van der Waals surface area contributed by atoms with Crippen LogP contribution >= 0.6 is 0 Å². The molecule has 0 aliphatic rings. The van der Waals surface area contributed by atoms with Gasteiger partial charge in [0.1, 0.15) is 0 Å². The molecule has 0 radical (unpaired) electrons. The van der Waals surface area contributed by atoms with Gasteiger partial charge in [-0.1, -0.05) is 19.8 Å². The summed E-state index contributed by atoms with van der Waals surface area (Å²) >= 11 is 0. The Bertz CT molecular complexity index is 427. The summed E-state index contributed by atoms with van der Waals surface area (Å²) in [7, 11) is 0. The number of halogens is 5. The van der Waals surface area contributed by atoms with Crippen LogP contribution in [-0.2, 0) is 0 Å². The van der Waals surface area contributed by atoms with Gasteiger partial charge in [0, 0.05) is 12.8 Å². The zero-order chi connectivity index (χ0) is 13.7. The lowest BCUT2D eigenvalue weighted by Gasteiger charge is -2.03. The molecule has 0 N–H and O–H groups in total. The molecule has 0 unspecified atom stereocenters. The van der Waals surface area contributed by atoms with Crippen molar-refractivity contribution in [2.24, 2.45) is 4.99 Å². The van der Waals surface area contributed by atoms with E-state index in [1.807, 2.05) is 6.92 Å². The second kappa shape index (κ2) is 6.47. The van der Waals surface area contributed by atoms with E-state index in [4.69, 9.17) is 0 Å². The monoisotopic (exact) mass is 265 g/mol. The number of nitrogens with zero attached hydrogens (tertiary/aromatic N) is 1. The molecule has 0 bridgehead atoms. The largest absolute Gasteiger partial charge is 0.292 e. The Kier molecular flexibility index (Phi) is 5.25. The molecule has 0 aromatic heterocycles. The summed E-state index contributed by atoms with van der Waals surface area (Å²) in [6, 6.07) is 0. The molecule has 0 heterocycles. The molecule has 18 heavy (non-hydrogen) atoms. The van der Waals surface area contributed by atoms with Crippen LogP contribution in [0.3, 0.4) is 0 Å². The molecule has 0 atom stereocenters. The Balaban J connectivity index is 2.96. The lowest BCUT2D eigenvalue weighted by Crippen LogP contribution is -2.06. The van der Waals surface area contributed by atoms with Crippen LogP contribution in [0.2, 0.25) is 0 Å². The summed E-state index contributed by atoms with van der Waals surface area (Å²) in [6.07, 6.45) is 3.21. The first-order chi connectivity index (χ1) is 8.50. The molecule has 1 nitrogen and oxygen atoms in total. The third kappa shape index (κ3) is 3.05. The Morgan fingerprint density at radius 3 is 1.83 bits per heavy atom. The summed E-state index contributed by atoms with van der Waals surface area (Å²) < 4.78 is 64.7. The van der Waals surface area contributed by atoms with Crippen molar-refractivity contribution < 1.29 is 22.0 Å². The van der Waals surface area contributed by atoms with Gasteiger partial charge < -0.3 is 0 Å². The highest BCUT2D eigenvalue weighted by Gasteiger charge is 2.24. The van der Waals surface area contributed by atoms with Gasteiger partial charge >= 0.3 is 0 Å². The van der Waals surface area contributed by atoms with E-state index in [0.29, 0.717) is 12.6 Å². The van der Waals surface area contributed by atoms with Gasteiger partial charge in [0.15, 0.2) is 23.3 Å². The molecule has 0 saturated heterocycles. The molecule has 1 rings (SSSR count). The average molecular weight is 265 g/mol. The predicted molar refractivity (Wildman–Crippen MR) is 58.2 cm³/mol. The number of aliphatic imine (C=N–C) groups is 1. The van der Waals surface area contributed by atoms with Gasteiger partial charge in [0.2, 0.25) is 5.82 Å². The van der Waals surface area contributed by atoms with Crippen LogP contribution < -0.4 is 0 Å². The van der Waals surface area contributed by atoms with Crippen molar-refractivity contribution in [1.82, 2.24) is 0 Å². The molecule has 0 spiro atoms. The molecule has 100 valence electrons. The number of rotatable bonds is 5. The summed E-state index contributed by atoms with van der Waals surface area (Å²) in [5.74, 6) is -9.78. The van der Waals surface area contributed by atoms with Crippen molar-refractivity contribution >= 4 is 6.21 Å². The van der Waals surface area contributed by atoms with E-state index in [1.54, 1.807) is 0 Å². The lowest BCUT2D eigenvalue weighted by atomic mass is 10.2. The van der Waals surface area contributed by atoms with Crippen LogP contribution in [0.1, 0.15) is 31.7 Å². The first-order valence-electron chi connectivity index (χ1n) is 5.52. The fourth-order valence-corrected chi connectivity index (χ4v) is 1.34. The van der Waals surface area contributed by atoms with Crippen LogP contribution in [0.15, 0.2) is 4.99 Å². The molecule has 0 amide bonds. The minimum absolute atomic E-state index is 0.285. The quantitative estimate of drug-likeness (QED) is 0.251. The van der Waals surface area contributed by atoms with Gasteiger partial charge in [-0.3, -0.25) is 4.99 Å². The van der Waals surface area contributed by atoms with Gasteiger partial charge in [-0.05, 0) is 6.42 Å². The summed E-state index contributed by atoms with van der Waals surface area (Å²) in [4.78, 5) is 3.65. The molecule has 0 fully saturated rings. The Hall–Kier alpha value is -1.46. The third-order valence-electron chi connectivity index (χ3n) is 2.35. The third-order valence-corrected chi connectivity index (χ3v) is 2.35. The zero-order valence-corrected chi connectivity index (χ0v) is 9.74. The fourth-order valence-electron chi connectivity index (χ4n) is 1.34. The standard InChI is InChI=1S/C12H12F5N/c1-2-3-4-5-18-6-7-8(13)10(15)12(17)11(16)9(7)14/h6H,2-5H2,1H3. The topological polar surface area (TPSA) is 12.4 Å². The SMILES string of the molecule is CCCCCN=Cc1c(F)c(F)c(F)c(F)c1F. The Labute approximate surface area is 101 Å². The summed E-state index contributed by atoms with van der Waals surface area (Å²) in [5, 5.41) is 0. The van der Waals surface area contributed by atoms with Crippen molar-refractivity contribution in [1.29, 1.82) is 0 Å². The maximum absolute atomic E-state index is 13.2. The van der Waals surface area contributed by atoms with Crippen LogP contribution in [0.25, 0.3) is 0 Å². The Morgan fingerprint density at radius 2 is 1.33 bits per heavy atom. The fraction of sp³-hybridized carbons (Fsp3) is 0.417. The molecule has 0 aliphatic carbocycles. The van der Waals surface area contributed by atoms with Gasteiger partial charge in [0.05, 0.1) is 5.56 Å².